The summed E-state index contributed by atoms with van der Waals surface area (Å²) in [5.41, 5.74) is 5.54. The zero-order chi connectivity index (χ0) is 21.1. The molecule has 4 aromatic rings. The number of thiazole rings is 1. The fraction of sp³-hybridized carbons (Fsp3) is 0.174. The third-order valence-corrected chi connectivity index (χ3v) is 5.54. The lowest BCUT2D eigenvalue weighted by Gasteiger charge is -2.04. The lowest BCUT2D eigenvalue weighted by Crippen LogP contribution is -2.22. The van der Waals surface area contributed by atoms with Crippen molar-refractivity contribution in [2.24, 2.45) is 0 Å². The van der Waals surface area contributed by atoms with Gasteiger partial charge in [-0.25, -0.2) is 4.98 Å². The quantitative estimate of drug-likeness (QED) is 0.430. The fourth-order valence-electron chi connectivity index (χ4n) is 3.23. The van der Waals surface area contributed by atoms with Crippen LogP contribution in [0.4, 0.5) is 5.13 Å². The number of hydrogen-bond acceptors (Lipinski definition) is 4. The van der Waals surface area contributed by atoms with Crippen LogP contribution in [-0.2, 0) is 11.2 Å². The molecule has 4 rings (SSSR count). The summed E-state index contributed by atoms with van der Waals surface area (Å²) in [4.78, 5) is 31.2. The van der Waals surface area contributed by atoms with Gasteiger partial charge in [-0.15, -0.1) is 11.3 Å². The Labute approximate surface area is 178 Å². The number of carbonyl (C=O) groups is 2. The number of anilines is 1. The zero-order valence-corrected chi connectivity index (χ0v) is 17.6. The van der Waals surface area contributed by atoms with E-state index in [9.17, 15) is 9.59 Å². The number of nitrogens with one attached hydrogen (secondary N) is 3. The first-order valence-electron chi connectivity index (χ1n) is 9.68. The number of rotatable bonds is 6. The first-order chi connectivity index (χ1) is 14.5. The summed E-state index contributed by atoms with van der Waals surface area (Å²) in [6.07, 6.45) is 0.780. The van der Waals surface area contributed by atoms with Crippen LogP contribution in [0.1, 0.15) is 28.5 Å². The summed E-state index contributed by atoms with van der Waals surface area (Å²) in [7, 11) is 0. The van der Waals surface area contributed by atoms with E-state index in [1.807, 2.05) is 60.8 Å². The van der Waals surface area contributed by atoms with E-state index < -0.39 is 0 Å². The van der Waals surface area contributed by atoms with Crippen LogP contribution in [0.5, 0.6) is 0 Å². The van der Waals surface area contributed by atoms with Crippen molar-refractivity contribution in [1.29, 1.82) is 0 Å². The second kappa shape index (κ2) is 8.51. The first kappa shape index (κ1) is 19.8. The molecule has 0 saturated carbocycles. The Morgan fingerprint density at radius 2 is 1.90 bits per heavy atom. The van der Waals surface area contributed by atoms with Gasteiger partial charge in [-0.1, -0.05) is 35.9 Å². The van der Waals surface area contributed by atoms with Crippen molar-refractivity contribution in [2.45, 2.75) is 20.3 Å². The Hall–Kier alpha value is -3.45. The summed E-state index contributed by atoms with van der Waals surface area (Å²) < 4.78 is 0. The highest BCUT2D eigenvalue weighted by Crippen LogP contribution is 2.26. The Morgan fingerprint density at radius 1 is 1.10 bits per heavy atom. The summed E-state index contributed by atoms with van der Waals surface area (Å²) in [6.45, 7) is 4.16. The van der Waals surface area contributed by atoms with E-state index in [1.54, 1.807) is 0 Å². The van der Waals surface area contributed by atoms with Crippen molar-refractivity contribution >= 4 is 39.2 Å². The minimum atomic E-state index is -0.210. The molecule has 2 aromatic carbocycles. The lowest BCUT2D eigenvalue weighted by molar-refractivity contribution is -0.118. The highest BCUT2D eigenvalue weighted by molar-refractivity contribution is 7.14. The maximum absolute atomic E-state index is 12.6. The van der Waals surface area contributed by atoms with Gasteiger partial charge in [0.25, 0.3) is 5.91 Å². The predicted octanol–water partition coefficient (Wildman–Crippen LogP) is 4.53. The lowest BCUT2D eigenvalue weighted by atomic mass is 10.1. The van der Waals surface area contributed by atoms with Crippen molar-refractivity contribution < 1.29 is 9.59 Å². The third-order valence-electron chi connectivity index (χ3n) is 4.78. The molecule has 0 aliphatic carbocycles. The number of hydrogen-bond donors (Lipinski definition) is 3. The number of aryl methyl sites for hydroxylation is 1. The van der Waals surface area contributed by atoms with Crippen LogP contribution >= 0.6 is 11.3 Å². The summed E-state index contributed by atoms with van der Waals surface area (Å²) >= 11 is 1.39. The van der Waals surface area contributed by atoms with Gasteiger partial charge in [0, 0.05) is 35.3 Å². The molecule has 2 amide bonds. The molecule has 0 unspecified atom stereocenters. The molecular formula is C23H22N4O2S. The van der Waals surface area contributed by atoms with Crippen LogP contribution in [0.3, 0.4) is 0 Å². The predicted molar refractivity (Wildman–Crippen MR) is 121 cm³/mol. The molecular weight excluding hydrogens is 396 g/mol. The largest absolute Gasteiger partial charge is 0.356 e. The number of carbonyl (C=O) groups excluding carboxylic acids is 2. The molecule has 0 aliphatic rings. The van der Waals surface area contributed by atoms with Gasteiger partial charge in [0.1, 0.15) is 5.69 Å². The molecule has 0 spiro atoms. The standard InChI is InChI=1S/C23H22N4O2S/c1-14-3-8-19-18(11-14)12-20(25-19)22(29)27-23-26-21(13-30-23)17-6-4-16(5-7-17)9-10-24-15(2)28/h3-8,11-13,25H,9-10H2,1-2H3,(H,24,28)(H,26,27,29). The molecule has 6 nitrogen and oxygen atoms in total. The van der Waals surface area contributed by atoms with Gasteiger partial charge in [-0.2, -0.15) is 0 Å². The molecule has 2 aromatic heterocycles. The fourth-order valence-corrected chi connectivity index (χ4v) is 3.94. The van der Waals surface area contributed by atoms with Gasteiger partial charge < -0.3 is 10.3 Å². The maximum Gasteiger partial charge on any atom is 0.273 e. The van der Waals surface area contributed by atoms with Crippen molar-refractivity contribution in [3.63, 3.8) is 0 Å². The first-order valence-corrected chi connectivity index (χ1v) is 10.6. The van der Waals surface area contributed by atoms with E-state index >= 15 is 0 Å². The Balaban J connectivity index is 1.42. The van der Waals surface area contributed by atoms with E-state index in [-0.39, 0.29) is 11.8 Å². The minimum Gasteiger partial charge on any atom is -0.356 e. The summed E-state index contributed by atoms with van der Waals surface area (Å²) in [6, 6.07) is 16.0. The second-order valence-corrected chi connectivity index (χ2v) is 8.05. The van der Waals surface area contributed by atoms with E-state index in [4.69, 9.17) is 0 Å². The molecule has 0 bridgehead atoms. The molecule has 0 saturated heterocycles. The van der Waals surface area contributed by atoms with E-state index in [2.05, 4.69) is 20.6 Å². The smallest absolute Gasteiger partial charge is 0.273 e. The molecule has 0 aliphatic heterocycles. The van der Waals surface area contributed by atoms with Gasteiger partial charge in [-0.3, -0.25) is 14.9 Å². The van der Waals surface area contributed by atoms with Crippen LogP contribution in [0.15, 0.2) is 53.9 Å². The van der Waals surface area contributed by atoms with Gasteiger partial charge >= 0.3 is 0 Å². The SMILES string of the molecule is CC(=O)NCCc1ccc(-c2csc(NC(=O)c3cc4cc(C)ccc4[nH]3)n2)cc1. The molecule has 0 atom stereocenters. The number of aromatic amines is 1. The van der Waals surface area contributed by atoms with Gasteiger partial charge in [0.05, 0.1) is 5.69 Å². The van der Waals surface area contributed by atoms with E-state index in [0.717, 1.165) is 39.7 Å². The molecule has 152 valence electrons. The van der Waals surface area contributed by atoms with Crippen molar-refractivity contribution in [1.82, 2.24) is 15.3 Å². The highest BCUT2D eigenvalue weighted by atomic mass is 32.1. The van der Waals surface area contributed by atoms with Crippen LogP contribution in [0.2, 0.25) is 0 Å². The second-order valence-electron chi connectivity index (χ2n) is 7.20. The average molecular weight is 419 g/mol. The Bertz CT molecular complexity index is 1210. The molecule has 3 N–H and O–H groups in total. The summed E-state index contributed by atoms with van der Waals surface area (Å²) in [5.74, 6) is -0.232. The molecule has 0 fully saturated rings. The normalized spacial score (nSPS) is 10.9. The topological polar surface area (TPSA) is 86.9 Å². The van der Waals surface area contributed by atoms with E-state index in [0.29, 0.717) is 17.4 Å². The molecule has 0 radical (unpaired) electrons. The highest BCUT2D eigenvalue weighted by Gasteiger charge is 2.13. The van der Waals surface area contributed by atoms with Crippen molar-refractivity contribution in [3.8, 4) is 11.3 Å². The molecule has 2 heterocycles. The average Bonchev–Trinajstić information content (AvgIpc) is 3.35. The Kier molecular flexibility index (Phi) is 5.63. The molecule has 30 heavy (non-hydrogen) atoms. The third kappa shape index (κ3) is 4.58. The number of H-pyrrole nitrogens is 1. The number of aromatic nitrogens is 2. The number of fused-ring (bicyclic) bond motifs is 1. The minimum absolute atomic E-state index is 0.0220. The Morgan fingerprint density at radius 3 is 2.67 bits per heavy atom. The molecule has 7 heteroatoms. The van der Waals surface area contributed by atoms with Crippen molar-refractivity contribution in [3.05, 3.63) is 70.7 Å². The van der Waals surface area contributed by atoms with E-state index in [1.165, 1.54) is 18.3 Å². The van der Waals surface area contributed by atoms with Crippen molar-refractivity contribution in [2.75, 3.05) is 11.9 Å². The van der Waals surface area contributed by atoms with Gasteiger partial charge in [0.2, 0.25) is 5.91 Å². The van der Waals surface area contributed by atoms with Crippen LogP contribution in [-0.4, -0.2) is 28.3 Å². The van der Waals surface area contributed by atoms with Crippen LogP contribution in [0, 0.1) is 6.92 Å². The monoisotopic (exact) mass is 418 g/mol. The zero-order valence-electron chi connectivity index (χ0n) is 16.8. The van der Waals surface area contributed by atoms with Gasteiger partial charge in [0.15, 0.2) is 5.13 Å². The number of amides is 2. The van der Waals surface area contributed by atoms with Gasteiger partial charge in [-0.05, 0) is 37.1 Å². The number of benzene rings is 2. The van der Waals surface area contributed by atoms with Crippen LogP contribution in [0.25, 0.3) is 22.2 Å². The van der Waals surface area contributed by atoms with Crippen LogP contribution < -0.4 is 10.6 Å². The maximum atomic E-state index is 12.6. The number of nitrogens with zero attached hydrogens (tertiary/aromatic N) is 1. The summed E-state index contributed by atoms with van der Waals surface area (Å²) in [5, 5.41) is 9.16.